The molecule has 0 saturated carbocycles. The summed E-state index contributed by atoms with van der Waals surface area (Å²) in [5, 5.41) is 18.9. The number of anilines is 5. The first kappa shape index (κ1) is 44.8. The van der Waals surface area contributed by atoms with Crippen molar-refractivity contribution in [2.75, 3.05) is 10.2 Å². The van der Waals surface area contributed by atoms with Crippen LogP contribution in [0.3, 0.4) is 0 Å². The van der Waals surface area contributed by atoms with Gasteiger partial charge >= 0.3 is 0 Å². The average Bonchev–Trinajstić information content (AvgIpc) is 3.39. The number of nitrogens with one attached hydrogen (secondary N) is 1. The summed E-state index contributed by atoms with van der Waals surface area (Å²) in [6, 6.07) is 86.9. The lowest BCUT2D eigenvalue weighted by Gasteiger charge is -2.27. The molecule has 2 nitrogen and oxygen atoms in total. The standard InChI is InChI=1S/C28H18BrN.C16H8Br2.C12H11N.C7H8/c29-25-17-13-19-12-16-24-26(18-14-20-11-15-23(25)27(19)28(20)24)30(21-7-3-1-4-8-21)22-9-5-2-6-10-22;17-13-8-4-10-2-6-12-14(18)7-3-9-1-5-11(13)16(10)15(9)12;1-3-7-11(8-4-1)13-12-9-5-2-6-10-12;1-7-5-3-2-4-6-7/h1-18H;1-8H;1-10,13H;2-6H,1H3. The van der Waals surface area contributed by atoms with Crippen molar-refractivity contribution >= 4 is 141 Å². The van der Waals surface area contributed by atoms with Crippen LogP contribution in [0.15, 0.2) is 262 Å². The summed E-state index contributed by atoms with van der Waals surface area (Å²) in [5.41, 5.74) is 7.05. The van der Waals surface area contributed by atoms with Gasteiger partial charge in [-0.2, -0.15) is 0 Å². The van der Waals surface area contributed by atoms with Crippen molar-refractivity contribution in [1.29, 1.82) is 0 Å². The summed E-state index contributed by atoms with van der Waals surface area (Å²) in [4.78, 5) is 2.35. The van der Waals surface area contributed by atoms with Gasteiger partial charge in [-0.1, -0.05) is 229 Å². The molecule has 13 rings (SSSR count). The predicted molar refractivity (Wildman–Crippen MR) is 305 cm³/mol. The van der Waals surface area contributed by atoms with E-state index in [1.165, 1.54) is 75.9 Å². The van der Waals surface area contributed by atoms with Gasteiger partial charge in [0.15, 0.2) is 0 Å². The van der Waals surface area contributed by atoms with Crippen molar-refractivity contribution in [3.8, 4) is 0 Å². The van der Waals surface area contributed by atoms with E-state index in [2.05, 4.69) is 235 Å². The van der Waals surface area contributed by atoms with Crippen molar-refractivity contribution < 1.29 is 0 Å². The van der Waals surface area contributed by atoms with Crippen LogP contribution in [0.5, 0.6) is 0 Å². The van der Waals surface area contributed by atoms with Crippen LogP contribution in [-0.2, 0) is 0 Å². The van der Waals surface area contributed by atoms with Crippen LogP contribution in [0.1, 0.15) is 5.56 Å². The number of rotatable bonds is 5. The molecule has 0 amide bonds. The second-order valence-corrected chi connectivity index (χ2v) is 19.2. The average molecular weight is 1070 g/mol. The van der Waals surface area contributed by atoms with Gasteiger partial charge in [0.2, 0.25) is 0 Å². The SMILES string of the molecule is Brc1ccc2ccc3c(Br)ccc4ccc1c2c43.Brc1ccc2ccc3c(N(c4ccccc4)c4ccccc4)ccc4ccc1c2c43.Cc1ccccc1.c1ccc(Nc2ccccc2)cc1. The molecule has 0 saturated heterocycles. The maximum Gasteiger partial charge on any atom is 0.0540 e. The lowest BCUT2D eigenvalue weighted by Crippen LogP contribution is -2.10. The third-order valence-corrected chi connectivity index (χ3v) is 14.3. The van der Waals surface area contributed by atoms with Crippen LogP contribution in [0, 0.1) is 6.92 Å². The van der Waals surface area contributed by atoms with Crippen molar-refractivity contribution in [1.82, 2.24) is 0 Å². The van der Waals surface area contributed by atoms with Crippen LogP contribution >= 0.6 is 47.8 Å². The minimum atomic E-state index is 1.12. The summed E-state index contributed by atoms with van der Waals surface area (Å²) in [7, 11) is 0. The van der Waals surface area contributed by atoms with E-state index >= 15 is 0 Å². The van der Waals surface area contributed by atoms with E-state index in [0.29, 0.717) is 0 Å². The first-order valence-electron chi connectivity index (χ1n) is 22.6. The molecule has 0 atom stereocenters. The van der Waals surface area contributed by atoms with Crippen LogP contribution < -0.4 is 10.2 Å². The normalized spacial score (nSPS) is 10.9. The number of halogens is 3. The zero-order valence-corrected chi connectivity index (χ0v) is 42.0. The third kappa shape index (κ3) is 9.43. The van der Waals surface area contributed by atoms with Crippen LogP contribution in [-0.4, -0.2) is 0 Å². The fraction of sp³-hybridized carbons (Fsp3) is 0.0159. The quantitative estimate of drug-likeness (QED) is 0.173. The highest BCUT2D eigenvalue weighted by Crippen LogP contribution is 2.45. The molecule has 0 bridgehead atoms. The number of nitrogens with zero attached hydrogens (tertiary/aromatic N) is 1. The number of hydrogen-bond acceptors (Lipinski definition) is 2. The van der Waals surface area contributed by atoms with Crippen molar-refractivity contribution in [3.05, 3.63) is 268 Å². The number of para-hydroxylation sites is 4. The minimum absolute atomic E-state index is 1.12. The predicted octanol–water partition coefficient (Wildman–Crippen LogP) is 20.4. The lowest BCUT2D eigenvalue weighted by atomic mass is 9.93. The molecule has 0 spiro atoms. The Balaban J connectivity index is 0.000000120. The molecule has 13 aromatic rings. The minimum Gasteiger partial charge on any atom is -0.356 e. The molecule has 0 fully saturated rings. The van der Waals surface area contributed by atoms with Gasteiger partial charge in [0.25, 0.3) is 0 Å². The van der Waals surface area contributed by atoms with E-state index in [0.717, 1.165) is 36.2 Å². The van der Waals surface area contributed by atoms with Gasteiger partial charge in [-0.05, 0) is 139 Å². The largest absolute Gasteiger partial charge is 0.356 e. The molecule has 328 valence electrons. The zero-order valence-electron chi connectivity index (χ0n) is 37.3. The van der Waals surface area contributed by atoms with Gasteiger partial charge in [-0.15, -0.1) is 0 Å². The van der Waals surface area contributed by atoms with E-state index in [1.807, 2.05) is 78.9 Å². The van der Waals surface area contributed by atoms with Crippen LogP contribution in [0.2, 0.25) is 0 Å². The Labute approximate surface area is 422 Å². The molecule has 0 aromatic heterocycles. The van der Waals surface area contributed by atoms with Crippen molar-refractivity contribution in [2.24, 2.45) is 0 Å². The second kappa shape index (κ2) is 20.5. The highest BCUT2D eigenvalue weighted by molar-refractivity contribution is 9.11. The van der Waals surface area contributed by atoms with Gasteiger partial charge < -0.3 is 10.2 Å². The Hall–Kier alpha value is -7.02. The summed E-state index contributed by atoms with van der Waals surface area (Å²) in [6.45, 7) is 2.08. The Morgan fingerprint density at radius 3 is 0.941 bits per heavy atom. The Morgan fingerprint density at radius 2 is 0.588 bits per heavy atom. The maximum absolute atomic E-state index is 3.75. The van der Waals surface area contributed by atoms with Gasteiger partial charge in [-0.3, -0.25) is 0 Å². The number of hydrogen-bond donors (Lipinski definition) is 1. The Kier molecular flexibility index (Phi) is 13.5. The topological polar surface area (TPSA) is 15.3 Å². The first-order chi connectivity index (χ1) is 33.4. The fourth-order valence-electron chi connectivity index (χ4n) is 9.00. The molecule has 0 aliphatic rings. The maximum atomic E-state index is 3.75. The zero-order chi connectivity index (χ0) is 46.4. The molecular weight excluding hydrogens is 1020 g/mol. The van der Waals surface area contributed by atoms with Crippen LogP contribution in [0.25, 0.3) is 64.6 Å². The third-order valence-electron chi connectivity index (χ3n) is 12.2. The molecule has 13 aromatic carbocycles. The fourth-order valence-corrected chi connectivity index (χ4v) is 10.4. The van der Waals surface area contributed by atoms with Gasteiger partial charge in [0.1, 0.15) is 0 Å². The van der Waals surface area contributed by atoms with E-state index in [-0.39, 0.29) is 0 Å². The molecule has 0 aliphatic carbocycles. The van der Waals surface area contributed by atoms with Crippen molar-refractivity contribution in [3.63, 3.8) is 0 Å². The summed E-state index contributed by atoms with van der Waals surface area (Å²) in [6.07, 6.45) is 0. The van der Waals surface area contributed by atoms with Gasteiger partial charge in [0.05, 0.1) is 5.69 Å². The first-order valence-corrected chi connectivity index (χ1v) is 25.0. The van der Waals surface area contributed by atoms with E-state index < -0.39 is 0 Å². The molecule has 0 heterocycles. The van der Waals surface area contributed by atoms with Crippen molar-refractivity contribution in [2.45, 2.75) is 6.92 Å². The molecule has 5 heteroatoms. The summed E-state index contributed by atoms with van der Waals surface area (Å²) < 4.78 is 3.45. The van der Waals surface area contributed by atoms with Crippen LogP contribution in [0.4, 0.5) is 28.4 Å². The van der Waals surface area contributed by atoms with Gasteiger partial charge in [-0.25, -0.2) is 0 Å². The molecule has 68 heavy (non-hydrogen) atoms. The molecule has 0 radical (unpaired) electrons. The monoisotopic (exact) mass is 1070 g/mol. The summed E-state index contributed by atoms with van der Waals surface area (Å²) in [5.74, 6) is 0. The lowest BCUT2D eigenvalue weighted by molar-refractivity contribution is 1.30. The molecule has 0 unspecified atom stereocenters. The second-order valence-electron chi connectivity index (χ2n) is 16.6. The van der Waals surface area contributed by atoms with Gasteiger partial charge in [0, 0.05) is 41.6 Å². The number of benzene rings is 13. The van der Waals surface area contributed by atoms with E-state index in [9.17, 15) is 0 Å². The number of aryl methyl sites for hydroxylation is 1. The highest BCUT2D eigenvalue weighted by Gasteiger charge is 2.18. The Morgan fingerprint density at radius 1 is 0.294 bits per heavy atom. The van der Waals surface area contributed by atoms with E-state index in [1.54, 1.807) is 0 Å². The smallest absolute Gasteiger partial charge is 0.0540 e. The summed E-state index contributed by atoms with van der Waals surface area (Å²) >= 11 is 11.0. The highest BCUT2D eigenvalue weighted by atomic mass is 79.9. The molecular formula is C63H45Br3N2. The molecule has 0 aliphatic heterocycles. The molecule has 1 N–H and O–H groups in total. The van der Waals surface area contributed by atoms with E-state index in [4.69, 9.17) is 0 Å². The Bertz CT molecular complexity index is 3580.